The van der Waals surface area contributed by atoms with Crippen molar-refractivity contribution in [1.29, 1.82) is 0 Å². The van der Waals surface area contributed by atoms with Gasteiger partial charge in [0.15, 0.2) is 0 Å². The highest BCUT2D eigenvalue weighted by Gasteiger charge is 2.39. The Morgan fingerprint density at radius 3 is 2.75 bits per heavy atom. The standard InChI is InChI=1S/C17H25ClN2O3.ClH/c1-13(23-15-5-3-4-14(18)10-15)11-20-16(21)17(12-22-2)6-8-19-9-7-17;/h3-5,10,13,19H,6-9,11-12H2,1-2H3,(H,20,21);1H. The third-order valence-electron chi connectivity index (χ3n) is 4.15. The molecule has 1 aliphatic heterocycles. The van der Waals surface area contributed by atoms with Gasteiger partial charge < -0.3 is 20.1 Å². The molecule has 24 heavy (non-hydrogen) atoms. The maximum Gasteiger partial charge on any atom is 0.228 e. The molecular formula is C17H26Cl2N2O3. The summed E-state index contributed by atoms with van der Waals surface area (Å²) in [7, 11) is 1.64. The maximum absolute atomic E-state index is 12.6. The van der Waals surface area contributed by atoms with Crippen LogP contribution in [0.3, 0.4) is 0 Å². The molecule has 0 saturated carbocycles. The van der Waals surface area contributed by atoms with E-state index in [9.17, 15) is 4.79 Å². The molecule has 0 bridgehead atoms. The number of benzene rings is 1. The van der Waals surface area contributed by atoms with Crippen LogP contribution in [-0.2, 0) is 9.53 Å². The fourth-order valence-electron chi connectivity index (χ4n) is 2.86. The lowest BCUT2D eigenvalue weighted by Gasteiger charge is -2.35. The van der Waals surface area contributed by atoms with Gasteiger partial charge in [0.2, 0.25) is 5.91 Å². The summed E-state index contributed by atoms with van der Waals surface area (Å²) >= 11 is 5.94. The summed E-state index contributed by atoms with van der Waals surface area (Å²) in [5.41, 5.74) is -0.435. The molecule has 2 N–H and O–H groups in total. The second-order valence-corrected chi connectivity index (χ2v) is 6.50. The van der Waals surface area contributed by atoms with E-state index in [0.717, 1.165) is 25.9 Å². The fourth-order valence-corrected chi connectivity index (χ4v) is 3.04. The molecule has 1 unspecified atom stereocenters. The quantitative estimate of drug-likeness (QED) is 0.767. The topological polar surface area (TPSA) is 59.6 Å². The highest BCUT2D eigenvalue weighted by molar-refractivity contribution is 6.30. The average molecular weight is 377 g/mol. The predicted octanol–water partition coefficient (Wildman–Crippen LogP) is 2.66. The monoisotopic (exact) mass is 376 g/mol. The van der Waals surface area contributed by atoms with E-state index in [1.54, 1.807) is 19.2 Å². The SMILES string of the molecule is COCC1(C(=O)NCC(C)Oc2cccc(Cl)c2)CCNCC1.Cl. The summed E-state index contributed by atoms with van der Waals surface area (Å²) in [6.45, 7) is 4.50. The van der Waals surface area contributed by atoms with Crippen LogP contribution < -0.4 is 15.4 Å². The minimum Gasteiger partial charge on any atom is -0.489 e. The number of hydrogen-bond donors (Lipinski definition) is 2. The van der Waals surface area contributed by atoms with E-state index in [0.29, 0.717) is 23.9 Å². The minimum absolute atomic E-state index is 0. The van der Waals surface area contributed by atoms with Crippen LogP contribution >= 0.6 is 24.0 Å². The van der Waals surface area contributed by atoms with Crippen LogP contribution in [0.5, 0.6) is 5.75 Å². The molecule has 1 aliphatic rings. The Kier molecular flexibility index (Phi) is 8.84. The zero-order valence-electron chi connectivity index (χ0n) is 14.1. The van der Waals surface area contributed by atoms with Gasteiger partial charge in [0, 0.05) is 12.1 Å². The third-order valence-corrected chi connectivity index (χ3v) is 4.38. The van der Waals surface area contributed by atoms with Crippen molar-refractivity contribution >= 4 is 29.9 Å². The summed E-state index contributed by atoms with van der Waals surface area (Å²) in [4.78, 5) is 12.6. The lowest BCUT2D eigenvalue weighted by molar-refractivity contribution is -0.136. The number of hydrogen-bond acceptors (Lipinski definition) is 4. The van der Waals surface area contributed by atoms with Crippen molar-refractivity contribution in [2.24, 2.45) is 5.41 Å². The third kappa shape index (κ3) is 5.81. The largest absolute Gasteiger partial charge is 0.489 e. The van der Waals surface area contributed by atoms with E-state index in [1.807, 2.05) is 19.1 Å². The highest BCUT2D eigenvalue weighted by Crippen LogP contribution is 2.29. The zero-order valence-corrected chi connectivity index (χ0v) is 15.7. The molecule has 1 heterocycles. The first kappa shape index (κ1) is 21.0. The Labute approximate surface area is 154 Å². The van der Waals surface area contributed by atoms with E-state index >= 15 is 0 Å². The lowest BCUT2D eigenvalue weighted by Crippen LogP contribution is -2.51. The van der Waals surface area contributed by atoms with Crippen LogP contribution in [0, 0.1) is 5.41 Å². The van der Waals surface area contributed by atoms with Crippen LogP contribution in [-0.4, -0.2) is 45.4 Å². The number of nitrogens with one attached hydrogen (secondary N) is 2. The molecule has 1 amide bonds. The highest BCUT2D eigenvalue weighted by atomic mass is 35.5. The molecule has 1 fully saturated rings. The molecular weight excluding hydrogens is 351 g/mol. The van der Waals surface area contributed by atoms with E-state index < -0.39 is 5.41 Å². The average Bonchev–Trinajstić information content (AvgIpc) is 2.54. The van der Waals surface area contributed by atoms with Crippen LogP contribution in [0.2, 0.25) is 5.02 Å². The Morgan fingerprint density at radius 1 is 1.42 bits per heavy atom. The number of rotatable bonds is 7. The second kappa shape index (κ2) is 10.1. The summed E-state index contributed by atoms with van der Waals surface area (Å²) in [6.07, 6.45) is 1.44. The van der Waals surface area contributed by atoms with Crippen LogP contribution in [0.15, 0.2) is 24.3 Å². The summed E-state index contributed by atoms with van der Waals surface area (Å²) in [5, 5.41) is 6.92. The number of halogens is 2. The van der Waals surface area contributed by atoms with Gasteiger partial charge in [0.25, 0.3) is 0 Å². The Morgan fingerprint density at radius 2 is 2.12 bits per heavy atom. The number of methoxy groups -OCH3 is 1. The van der Waals surface area contributed by atoms with Crippen molar-refractivity contribution in [3.05, 3.63) is 29.3 Å². The van der Waals surface area contributed by atoms with E-state index in [-0.39, 0.29) is 24.4 Å². The molecule has 136 valence electrons. The van der Waals surface area contributed by atoms with Crippen LogP contribution in [0.25, 0.3) is 0 Å². The minimum atomic E-state index is -0.435. The predicted molar refractivity (Wildman–Crippen MR) is 98.2 cm³/mol. The van der Waals surface area contributed by atoms with E-state index in [1.165, 1.54) is 0 Å². The van der Waals surface area contributed by atoms with E-state index in [2.05, 4.69) is 10.6 Å². The second-order valence-electron chi connectivity index (χ2n) is 6.06. The molecule has 7 heteroatoms. The van der Waals surface area contributed by atoms with Crippen molar-refractivity contribution in [1.82, 2.24) is 10.6 Å². The lowest BCUT2D eigenvalue weighted by atomic mass is 9.78. The van der Waals surface area contributed by atoms with Gasteiger partial charge in [-0.1, -0.05) is 17.7 Å². The van der Waals surface area contributed by atoms with Gasteiger partial charge in [-0.15, -0.1) is 12.4 Å². The molecule has 0 aromatic heterocycles. The molecule has 0 radical (unpaired) electrons. The molecule has 2 rings (SSSR count). The van der Waals surface area contributed by atoms with Crippen molar-refractivity contribution in [3.63, 3.8) is 0 Å². The van der Waals surface area contributed by atoms with Crippen LogP contribution in [0.1, 0.15) is 19.8 Å². The van der Waals surface area contributed by atoms with Gasteiger partial charge in [-0.05, 0) is 51.1 Å². The van der Waals surface area contributed by atoms with Gasteiger partial charge >= 0.3 is 0 Å². The fraction of sp³-hybridized carbons (Fsp3) is 0.588. The summed E-state index contributed by atoms with van der Waals surface area (Å²) in [6, 6.07) is 7.25. The number of carbonyl (C=O) groups excluding carboxylic acids is 1. The Balaban J connectivity index is 0.00000288. The van der Waals surface area contributed by atoms with Gasteiger partial charge in [-0.3, -0.25) is 4.79 Å². The molecule has 1 saturated heterocycles. The first-order chi connectivity index (χ1) is 11.1. The maximum atomic E-state index is 12.6. The normalized spacial score (nSPS) is 17.5. The van der Waals surface area contributed by atoms with Crippen molar-refractivity contribution < 1.29 is 14.3 Å². The number of carbonyl (C=O) groups is 1. The van der Waals surface area contributed by atoms with Gasteiger partial charge in [0.05, 0.1) is 18.6 Å². The number of piperidine rings is 1. The first-order valence-electron chi connectivity index (χ1n) is 7.96. The molecule has 0 spiro atoms. The van der Waals surface area contributed by atoms with Crippen molar-refractivity contribution in [2.45, 2.75) is 25.9 Å². The van der Waals surface area contributed by atoms with Crippen molar-refractivity contribution in [3.8, 4) is 5.75 Å². The smallest absolute Gasteiger partial charge is 0.228 e. The van der Waals surface area contributed by atoms with Crippen LogP contribution in [0.4, 0.5) is 0 Å². The van der Waals surface area contributed by atoms with E-state index in [4.69, 9.17) is 21.1 Å². The molecule has 1 aromatic rings. The molecule has 0 aliphatic carbocycles. The van der Waals surface area contributed by atoms with Gasteiger partial charge in [-0.25, -0.2) is 0 Å². The Hall–Kier alpha value is -1.01. The first-order valence-corrected chi connectivity index (χ1v) is 8.34. The number of amides is 1. The van der Waals surface area contributed by atoms with Crippen molar-refractivity contribution in [2.75, 3.05) is 33.4 Å². The number of ether oxygens (including phenoxy) is 2. The summed E-state index contributed by atoms with van der Waals surface area (Å²) in [5.74, 6) is 0.745. The zero-order chi connectivity index (χ0) is 16.7. The molecule has 1 aromatic carbocycles. The molecule has 5 nitrogen and oxygen atoms in total. The van der Waals surface area contributed by atoms with Gasteiger partial charge in [-0.2, -0.15) is 0 Å². The van der Waals surface area contributed by atoms with Gasteiger partial charge in [0.1, 0.15) is 11.9 Å². The summed E-state index contributed by atoms with van der Waals surface area (Å²) < 4.78 is 11.1. The Bertz CT molecular complexity index is 517. The molecule has 1 atom stereocenters.